The van der Waals surface area contributed by atoms with Gasteiger partial charge in [-0.05, 0) is 31.4 Å². The van der Waals surface area contributed by atoms with Crippen molar-refractivity contribution < 1.29 is 9.84 Å². The van der Waals surface area contributed by atoms with Crippen molar-refractivity contribution in [2.45, 2.75) is 25.5 Å². The lowest BCUT2D eigenvalue weighted by molar-refractivity contribution is -0.0366. The molecule has 1 fully saturated rings. The third kappa shape index (κ3) is 1.87. The van der Waals surface area contributed by atoms with Gasteiger partial charge >= 0.3 is 0 Å². The number of aromatic nitrogens is 2. The van der Waals surface area contributed by atoms with Crippen LogP contribution in [0.2, 0.25) is 5.02 Å². The van der Waals surface area contributed by atoms with Crippen molar-refractivity contribution >= 4 is 22.5 Å². The summed E-state index contributed by atoms with van der Waals surface area (Å²) in [6.45, 7) is 0.762. The number of hydrogen-bond acceptors (Lipinski definition) is 3. The molecule has 2 heterocycles. The lowest BCUT2D eigenvalue weighted by Crippen LogP contribution is -2.18. The van der Waals surface area contributed by atoms with Gasteiger partial charge < -0.3 is 9.84 Å². The number of rotatable bonds is 1. The van der Waals surface area contributed by atoms with Crippen LogP contribution in [-0.2, 0) is 4.74 Å². The molecule has 2 aromatic rings. The third-order valence-electron chi connectivity index (χ3n) is 3.09. The maximum atomic E-state index is 9.79. The van der Waals surface area contributed by atoms with Crippen molar-refractivity contribution in [3.05, 3.63) is 23.4 Å². The molecular weight excluding hydrogens is 240 g/mol. The van der Waals surface area contributed by atoms with Crippen molar-refractivity contribution in [2.24, 2.45) is 0 Å². The number of hydrogen-bond donors (Lipinski definition) is 1. The van der Waals surface area contributed by atoms with Gasteiger partial charge in [0.2, 0.25) is 0 Å². The Morgan fingerprint density at radius 1 is 1.41 bits per heavy atom. The molecule has 1 unspecified atom stereocenters. The summed E-state index contributed by atoms with van der Waals surface area (Å²) >= 11 is 5.95. The molecule has 0 bridgehead atoms. The summed E-state index contributed by atoms with van der Waals surface area (Å²) in [5.41, 5.74) is 0.821. The maximum Gasteiger partial charge on any atom is 0.150 e. The van der Waals surface area contributed by atoms with E-state index in [2.05, 4.69) is 5.10 Å². The number of phenolic OH excluding ortho intramolecular Hbond substituents is 1. The highest BCUT2D eigenvalue weighted by atomic mass is 35.5. The van der Waals surface area contributed by atoms with E-state index >= 15 is 0 Å². The van der Waals surface area contributed by atoms with Crippen LogP contribution in [0, 0.1) is 0 Å². The Hall–Kier alpha value is -1.26. The molecule has 1 aromatic heterocycles. The molecule has 1 aliphatic heterocycles. The fraction of sp³-hybridized carbons (Fsp3) is 0.417. The van der Waals surface area contributed by atoms with Crippen molar-refractivity contribution in [3.63, 3.8) is 0 Å². The van der Waals surface area contributed by atoms with Crippen molar-refractivity contribution in [2.75, 3.05) is 6.61 Å². The zero-order valence-electron chi connectivity index (χ0n) is 9.27. The highest BCUT2D eigenvalue weighted by Crippen LogP contribution is 2.32. The second kappa shape index (κ2) is 4.20. The van der Waals surface area contributed by atoms with E-state index in [0.29, 0.717) is 10.4 Å². The summed E-state index contributed by atoms with van der Waals surface area (Å²) in [4.78, 5) is 0. The normalized spacial score (nSPS) is 20.9. The second-order valence-corrected chi connectivity index (χ2v) is 4.70. The van der Waals surface area contributed by atoms with E-state index in [4.69, 9.17) is 16.3 Å². The number of benzene rings is 1. The number of ether oxygens (including phenoxy) is 1. The van der Waals surface area contributed by atoms with E-state index in [1.165, 1.54) is 6.07 Å². The van der Waals surface area contributed by atoms with Gasteiger partial charge in [0.05, 0.1) is 17.1 Å². The van der Waals surface area contributed by atoms with Crippen molar-refractivity contribution in [1.29, 1.82) is 0 Å². The first kappa shape index (κ1) is 10.9. The maximum absolute atomic E-state index is 9.79. The van der Waals surface area contributed by atoms with E-state index in [0.717, 1.165) is 31.4 Å². The van der Waals surface area contributed by atoms with Gasteiger partial charge in [0, 0.05) is 11.6 Å². The minimum atomic E-state index is -0.0425. The van der Waals surface area contributed by atoms with Crippen LogP contribution in [-0.4, -0.2) is 21.5 Å². The van der Waals surface area contributed by atoms with Crippen LogP contribution in [0.25, 0.3) is 10.9 Å². The van der Waals surface area contributed by atoms with Gasteiger partial charge in [0.1, 0.15) is 5.75 Å². The Kier molecular flexibility index (Phi) is 2.68. The van der Waals surface area contributed by atoms with Crippen LogP contribution in [0.15, 0.2) is 18.3 Å². The van der Waals surface area contributed by atoms with Crippen LogP contribution in [0.1, 0.15) is 25.5 Å². The number of phenols is 1. The van der Waals surface area contributed by atoms with Gasteiger partial charge in [0.25, 0.3) is 0 Å². The van der Waals surface area contributed by atoms with Crippen molar-refractivity contribution in [1.82, 2.24) is 9.78 Å². The molecular formula is C12H13ClN2O2. The monoisotopic (exact) mass is 252 g/mol. The summed E-state index contributed by atoms with van der Waals surface area (Å²) in [6.07, 6.45) is 4.79. The fourth-order valence-electron chi connectivity index (χ4n) is 2.24. The molecule has 3 rings (SSSR count). The summed E-state index contributed by atoms with van der Waals surface area (Å²) in [5, 5.41) is 15.3. The Labute approximate surface area is 104 Å². The second-order valence-electron chi connectivity index (χ2n) is 4.27. The molecule has 1 aromatic carbocycles. The Bertz CT molecular complexity index is 547. The largest absolute Gasteiger partial charge is 0.507 e. The number of aromatic hydroxyl groups is 1. The molecule has 90 valence electrons. The number of fused-ring (bicyclic) bond motifs is 1. The number of halogens is 1. The van der Waals surface area contributed by atoms with Crippen molar-refractivity contribution in [3.8, 4) is 5.75 Å². The molecule has 0 radical (unpaired) electrons. The van der Waals surface area contributed by atoms with Crippen LogP contribution in [0.5, 0.6) is 5.75 Å². The van der Waals surface area contributed by atoms with Gasteiger partial charge in [-0.15, -0.1) is 0 Å². The smallest absolute Gasteiger partial charge is 0.150 e. The topological polar surface area (TPSA) is 47.3 Å². The van der Waals surface area contributed by atoms with E-state index in [-0.39, 0.29) is 12.0 Å². The average molecular weight is 253 g/mol. The fourth-order valence-corrected chi connectivity index (χ4v) is 2.45. The zero-order chi connectivity index (χ0) is 11.8. The standard InChI is InChI=1S/C12H13ClN2O2/c13-8-5-10-9(11(16)6-8)7-14-15(10)12-3-1-2-4-17-12/h5-7,12,16H,1-4H2. The summed E-state index contributed by atoms with van der Waals surface area (Å²) in [5.74, 6) is 0.162. The van der Waals surface area contributed by atoms with Crippen LogP contribution < -0.4 is 0 Å². The highest BCUT2D eigenvalue weighted by Gasteiger charge is 2.19. The van der Waals surface area contributed by atoms with Gasteiger partial charge in [0.15, 0.2) is 6.23 Å². The Morgan fingerprint density at radius 3 is 3.06 bits per heavy atom. The third-order valence-corrected chi connectivity index (χ3v) is 3.31. The molecule has 5 heteroatoms. The van der Waals surface area contributed by atoms with Gasteiger partial charge in [-0.3, -0.25) is 0 Å². The predicted octanol–water partition coefficient (Wildman–Crippen LogP) is 3.09. The first-order valence-electron chi connectivity index (χ1n) is 5.73. The molecule has 1 atom stereocenters. The highest BCUT2D eigenvalue weighted by molar-refractivity contribution is 6.31. The first-order valence-corrected chi connectivity index (χ1v) is 6.11. The van der Waals surface area contributed by atoms with E-state index in [1.807, 2.05) is 6.07 Å². The van der Waals surface area contributed by atoms with Crippen LogP contribution >= 0.6 is 11.6 Å². The lowest BCUT2D eigenvalue weighted by Gasteiger charge is -2.23. The molecule has 0 amide bonds. The lowest BCUT2D eigenvalue weighted by atomic mass is 10.2. The summed E-state index contributed by atoms with van der Waals surface area (Å²) in [6, 6.07) is 3.33. The average Bonchev–Trinajstić information content (AvgIpc) is 2.74. The molecule has 17 heavy (non-hydrogen) atoms. The minimum Gasteiger partial charge on any atom is -0.507 e. The minimum absolute atomic E-state index is 0.0425. The number of nitrogens with zero attached hydrogens (tertiary/aromatic N) is 2. The van der Waals surface area contributed by atoms with Gasteiger partial charge in [-0.1, -0.05) is 11.6 Å². The first-order chi connectivity index (χ1) is 8.25. The summed E-state index contributed by atoms with van der Waals surface area (Å²) < 4.78 is 7.49. The molecule has 1 N–H and O–H groups in total. The molecule has 0 saturated carbocycles. The SMILES string of the molecule is Oc1cc(Cl)cc2c1cnn2C1CCCCO1. The Morgan fingerprint density at radius 2 is 2.29 bits per heavy atom. The quantitative estimate of drug-likeness (QED) is 0.848. The summed E-state index contributed by atoms with van der Waals surface area (Å²) in [7, 11) is 0. The molecule has 1 saturated heterocycles. The molecule has 1 aliphatic rings. The predicted molar refractivity (Wildman–Crippen MR) is 65.2 cm³/mol. The zero-order valence-corrected chi connectivity index (χ0v) is 10.0. The van der Waals surface area contributed by atoms with Gasteiger partial charge in [-0.25, -0.2) is 4.68 Å². The molecule has 0 spiro atoms. The van der Waals surface area contributed by atoms with E-state index < -0.39 is 0 Å². The van der Waals surface area contributed by atoms with Gasteiger partial charge in [-0.2, -0.15) is 5.10 Å². The Balaban J connectivity index is 2.10. The van der Waals surface area contributed by atoms with E-state index in [9.17, 15) is 5.11 Å². The van der Waals surface area contributed by atoms with E-state index in [1.54, 1.807) is 10.9 Å². The molecule has 4 nitrogen and oxygen atoms in total. The van der Waals surface area contributed by atoms with Crippen LogP contribution in [0.4, 0.5) is 0 Å². The van der Waals surface area contributed by atoms with Crippen LogP contribution in [0.3, 0.4) is 0 Å². The molecule has 0 aliphatic carbocycles.